The maximum Gasteiger partial charge on any atom is 0.181 e. The molecular formula is C11H9Cl2N3O. The number of carbonyl (C=O) groups is 1. The van der Waals surface area contributed by atoms with Gasteiger partial charge in [-0.05, 0) is 19.1 Å². The normalized spacial score (nSPS) is 10.6. The molecule has 0 unspecified atom stereocenters. The van der Waals surface area contributed by atoms with Gasteiger partial charge in [0.15, 0.2) is 11.5 Å². The van der Waals surface area contributed by atoms with Crippen molar-refractivity contribution in [3.63, 3.8) is 0 Å². The fourth-order valence-corrected chi connectivity index (χ4v) is 1.83. The van der Waals surface area contributed by atoms with Crippen molar-refractivity contribution in [1.82, 2.24) is 15.0 Å². The van der Waals surface area contributed by atoms with E-state index in [9.17, 15) is 4.79 Å². The van der Waals surface area contributed by atoms with Gasteiger partial charge < -0.3 is 0 Å². The number of aryl methyl sites for hydroxylation is 1. The van der Waals surface area contributed by atoms with Gasteiger partial charge in [-0.2, -0.15) is 5.10 Å². The molecule has 2 rings (SSSR count). The first-order valence-electron chi connectivity index (χ1n) is 4.90. The molecule has 6 heteroatoms. The zero-order chi connectivity index (χ0) is 12.6. The highest BCUT2D eigenvalue weighted by atomic mass is 35.5. The minimum atomic E-state index is -0.132. The lowest BCUT2D eigenvalue weighted by molar-refractivity contribution is 0.101. The largest absolute Gasteiger partial charge is 0.293 e. The van der Waals surface area contributed by atoms with Crippen LogP contribution in [-0.4, -0.2) is 20.8 Å². The summed E-state index contributed by atoms with van der Waals surface area (Å²) in [5.41, 5.74) is 1.45. The number of halogens is 2. The van der Waals surface area contributed by atoms with Gasteiger partial charge in [0, 0.05) is 6.92 Å². The van der Waals surface area contributed by atoms with Crippen molar-refractivity contribution >= 4 is 29.0 Å². The van der Waals surface area contributed by atoms with Crippen LogP contribution in [0.5, 0.6) is 0 Å². The Morgan fingerprint density at radius 1 is 1.29 bits per heavy atom. The molecule has 2 aromatic rings. The van der Waals surface area contributed by atoms with Gasteiger partial charge in [0.05, 0.1) is 15.7 Å². The Morgan fingerprint density at radius 3 is 2.59 bits per heavy atom. The van der Waals surface area contributed by atoms with Gasteiger partial charge in [0.25, 0.3) is 0 Å². The third kappa shape index (κ3) is 2.18. The fraction of sp³-hybridized carbons (Fsp3) is 0.182. The third-order valence-electron chi connectivity index (χ3n) is 2.26. The first-order chi connectivity index (χ1) is 8.00. The summed E-state index contributed by atoms with van der Waals surface area (Å²) < 4.78 is 0. The zero-order valence-corrected chi connectivity index (χ0v) is 10.7. The summed E-state index contributed by atoms with van der Waals surface area (Å²) in [7, 11) is 0. The van der Waals surface area contributed by atoms with Crippen molar-refractivity contribution in [2.24, 2.45) is 0 Å². The summed E-state index contributed by atoms with van der Waals surface area (Å²) >= 11 is 12.0. The SMILES string of the molecule is CC(=O)c1nn(-c2cccc(Cl)c2Cl)nc1C. The predicted octanol–water partition coefficient (Wildman–Crippen LogP) is 3.09. The topological polar surface area (TPSA) is 47.8 Å². The Kier molecular flexibility index (Phi) is 3.17. The Bertz CT molecular complexity index is 592. The number of benzene rings is 1. The average molecular weight is 270 g/mol. The molecule has 1 heterocycles. The molecule has 88 valence electrons. The molecule has 0 aliphatic carbocycles. The lowest BCUT2D eigenvalue weighted by Crippen LogP contribution is -2.01. The quantitative estimate of drug-likeness (QED) is 0.788. The lowest BCUT2D eigenvalue weighted by atomic mass is 10.3. The van der Waals surface area contributed by atoms with E-state index >= 15 is 0 Å². The van der Waals surface area contributed by atoms with E-state index in [-0.39, 0.29) is 5.78 Å². The molecule has 0 amide bonds. The maximum atomic E-state index is 11.3. The van der Waals surface area contributed by atoms with Crippen molar-refractivity contribution in [2.75, 3.05) is 0 Å². The van der Waals surface area contributed by atoms with Crippen molar-refractivity contribution in [2.45, 2.75) is 13.8 Å². The summed E-state index contributed by atoms with van der Waals surface area (Å²) in [5.74, 6) is -0.132. The molecule has 0 spiro atoms. The van der Waals surface area contributed by atoms with Crippen LogP contribution in [0.15, 0.2) is 18.2 Å². The number of hydrogen-bond acceptors (Lipinski definition) is 3. The Balaban J connectivity index is 2.58. The van der Waals surface area contributed by atoms with Gasteiger partial charge in [-0.1, -0.05) is 29.3 Å². The number of ketones is 1. The van der Waals surface area contributed by atoms with Crippen LogP contribution in [0.3, 0.4) is 0 Å². The zero-order valence-electron chi connectivity index (χ0n) is 9.24. The molecule has 0 fully saturated rings. The minimum Gasteiger partial charge on any atom is -0.293 e. The van der Waals surface area contributed by atoms with E-state index in [2.05, 4.69) is 10.2 Å². The van der Waals surface area contributed by atoms with Gasteiger partial charge in [-0.25, -0.2) is 0 Å². The number of aromatic nitrogens is 3. The first kappa shape index (κ1) is 12.1. The molecule has 17 heavy (non-hydrogen) atoms. The number of nitrogens with zero attached hydrogens (tertiary/aromatic N) is 3. The second-order valence-electron chi connectivity index (χ2n) is 3.55. The van der Waals surface area contributed by atoms with Gasteiger partial charge in [-0.3, -0.25) is 4.79 Å². The predicted molar refractivity (Wildman–Crippen MR) is 66.1 cm³/mol. The van der Waals surface area contributed by atoms with Crippen molar-refractivity contribution in [3.05, 3.63) is 39.6 Å². The first-order valence-corrected chi connectivity index (χ1v) is 5.65. The fourth-order valence-electron chi connectivity index (χ4n) is 1.46. The van der Waals surface area contributed by atoms with Gasteiger partial charge in [0.2, 0.25) is 0 Å². The van der Waals surface area contributed by atoms with Gasteiger partial charge in [0.1, 0.15) is 5.69 Å². The van der Waals surface area contributed by atoms with Crippen LogP contribution in [-0.2, 0) is 0 Å². The highest BCUT2D eigenvalue weighted by Crippen LogP contribution is 2.27. The lowest BCUT2D eigenvalue weighted by Gasteiger charge is -2.03. The number of carbonyl (C=O) groups excluding carboxylic acids is 1. The van der Waals surface area contributed by atoms with E-state index < -0.39 is 0 Å². The monoisotopic (exact) mass is 269 g/mol. The van der Waals surface area contributed by atoms with Crippen LogP contribution in [0.4, 0.5) is 0 Å². The molecule has 0 atom stereocenters. The van der Waals surface area contributed by atoms with E-state index in [1.807, 2.05) is 0 Å². The summed E-state index contributed by atoms with van der Waals surface area (Å²) in [4.78, 5) is 12.6. The van der Waals surface area contributed by atoms with E-state index in [0.717, 1.165) is 0 Å². The summed E-state index contributed by atoms with van der Waals surface area (Å²) in [6.07, 6.45) is 0. The number of Topliss-reactive ketones (excluding diaryl/α,β-unsaturated/α-hetero) is 1. The molecule has 0 radical (unpaired) electrons. The van der Waals surface area contributed by atoms with Crippen LogP contribution >= 0.6 is 23.2 Å². The van der Waals surface area contributed by atoms with Crippen LogP contribution in [0.25, 0.3) is 5.69 Å². The number of rotatable bonds is 2. The second-order valence-corrected chi connectivity index (χ2v) is 4.34. The number of hydrogen-bond donors (Lipinski definition) is 0. The Labute approximate surface area is 108 Å². The van der Waals surface area contributed by atoms with E-state index in [0.29, 0.717) is 27.1 Å². The molecule has 4 nitrogen and oxygen atoms in total. The van der Waals surface area contributed by atoms with Crippen LogP contribution in [0, 0.1) is 6.92 Å². The molecule has 1 aromatic heterocycles. The van der Waals surface area contributed by atoms with Crippen molar-refractivity contribution in [3.8, 4) is 5.69 Å². The maximum absolute atomic E-state index is 11.3. The highest BCUT2D eigenvalue weighted by molar-refractivity contribution is 6.43. The average Bonchev–Trinajstić information content (AvgIpc) is 2.64. The van der Waals surface area contributed by atoms with Crippen LogP contribution in [0.1, 0.15) is 23.1 Å². The van der Waals surface area contributed by atoms with E-state index in [1.54, 1.807) is 25.1 Å². The molecule has 1 aromatic carbocycles. The van der Waals surface area contributed by atoms with Crippen molar-refractivity contribution < 1.29 is 4.79 Å². The molecule has 0 bridgehead atoms. The van der Waals surface area contributed by atoms with Crippen LogP contribution in [0.2, 0.25) is 10.0 Å². The smallest absolute Gasteiger partial charge is 0.181 e. The molecule has 0 aliphatic heterocycles. The van der Waals surface area contributed by atoms with E-state index in [1.165, 1.54) is 11.7 Å². The minimum absolute atomic E-state index is 0.132. The summed E-state index contributed by atoms with van der Waals surface area (Å²) in [6, 6.07) is 5.16. The van der Waals surface area contributed by atoms with Crippen LogP contribution < -0.4 is 0 Å². The molecule has 0 saturated heterocycles. The molecule has 0 N–H and O–H groups in total. The molecule has 0 saturated carbocycles. The van der Waals surface area contributed by atoms with E-state index in [4.69, 9.17) is 23.2 Å². The van der Waals surface area contributed by atoms with Crippen molar-refractivity contribution in [1.29, 1.82) is 0 Å². The standard InChI is InChI=1S/C11H9Cl2N3O/c1-6-11(7(2)17)15-16(14-6)9-5-3-4-8(12)10(9)13/h3-5H,1-2H3. The molecular weight excluding hydrogens is 261 g/mol. The third-order valence-corrected chi connectivity index (χ3v) is 3.07. The van der Waals surface area contributed by atoms with Gasteiger partial charge in [-0.15, -0.1) is 9.90 Å². The highest BCUT2D eigenvalue weighted by Gasteiger charge is 2.14. The Hall–Kier alpha value is -1.39. The molecule has 0 aliphatic rings. The summed E-state index contributed by atoms with van der Waals surface area (Å²) in [5, 5.41) is 9.02. The Morgan fingerprint density at radius 2 is 2.00 bits per heavy atom. The second kappa shape index (κ2) is 4.47. The summed E-state index contributed by atoms with van der Waals surface area (Å²) in [6.45, 7) is 3.17. The van der Waals surface area contributed by atoms with Gasteiger partial charge >= 0.3 is 0 Å².